The molecule has 1 saturated heterocycles. The Morgan fingerprint density at radius 3 is 2.38 bits per heavy atom. The number of imidazole rings is 1. The number of rotatable bonds is 5. The highest BCUT2D eigenvalue weighted by Crippen LogP contribution is 2.21. The van der Waals surface area contributed by atoms with Crippen molar-refractivity contribution in [3.05, 3.63) is 77.2 Å². The summed E-state index contributed by atoms with van der Waals surface area (Å²) >= 11 is 6.02. The summed E-state index contributed by atoms with van der Waals surface area (Å²) in [5.41, 5.74) is 3.38. The largest absolute Gasteiger partial charge is 0.379 e. The first-order valence-corrected chi connectivity index (χ1v) is 9.32. The van der Waals surface area contributed by atoms with Crippen LogP contribution in [-0.2, 0) is 17.8 Å². The molecule has 26 heavy (non-hydrogen) atoms. The molecular weight excluding hydrogens is 346 g/mol. The number of hydrogen-bond acceptors (Lipinski definition) is 3. The Morgan fingerprint density at radius 2 is 1.65 bits per heavy atom. The fourth-order valence-electron chi connectivity index (χ4n) is 3.21. The van der Waals surface area contributed by atoms with Gasteiger partial charge < -0.3 is 9.30 Å². The predicted molar refractivity (Wildman–Crippen MR) is 104 cm³/mol. The fraction of sp³-hybridized carbons (Fsp3) is 0.286. The van der Waals surface area contributed by atoms with Crippen molar-refractivity contribution in [1.29, 1.82) is 0 Å². The zero-order valence-electron chi connectivity index (χ0n) is 14.6. The zero-order valence-corrected chi connectivity index (χ0v) is 15.4. The van der Waals surface area contributed by atoms with Crippen molar-refractivity contribution in [2.75, 3.05) is 26.3 Å². The summed E-state index contributed by atoms with van der Waals surface area (Å²) in [7, 11) is 0. The molecule has 0 amide bonds. The highest BCUT2D eigenvalue weighted by Gasteiger charge is 2.16. The van der Waals surface area contributed by atoms with Crippen molar-refractivity contribution in [2.24, 2.45) is 0 Å². The Bertz CT molecular complexity index is 839. The highest BCUT2D eigenvalue weighted by atomic mass is 35.5. The minimum Gasteiger partial charge on any atom is -0.379 e. The molecule has 1 aliphatic rings. The van der Waals surface area contributed by atoms with Crippen LogP contribution in [0.15, 0.2) is 60.8 Å². The second kappa shape index (κ2) is 8.04. The Labute approximate surface area is 159 Å². The summed E-state index contributed by atoms with van der Waals surface area (Å²) in [6, 6.07) is 18.4. The molecule has 1 fully saturated rings. The molecule has 0 N–H and O–H groups in total. The second-order valence-corrected chi connectivity index (χ2v) is 6.99. The molecule has 1 aromatic heterocycles. The first-order valence-electron chi connectivity index (χ1n) is 8.94. The van der Waals surface area contributed by atoms with Gasteiger partial charge in [0.15, 0.2) is 0 Å². The number of aromatic nitrogens is 2. The molecule has 2 aromatic carbocycles. The monoisotopic (exact) mass is 367 g/mol. The first-order chi connectivity index (χ1) is 12.8. The quantitative estimate of drug-likeness (QED) is 0.680. The van der Waals surface area contributed by atoms with E-state index in [1.807, 2.05) is 18.2 Å². The van der Waals surface area contributed by atoms with Crippen molar-refractivity contribution in [2.45, 2.75) is 13.1 Å². The van der Waals surface area contributed by atoms with Gasteiger partial charge in [-0.25, -0.2) is 4.98 Å². The maximum absolute atomic E-state index is 6.02. The molecule has 2 heterocycles. The van der Waals surface area contributed by atoms with E-state index in [9.17, 15) is 0 Å². The third-order valence-corrected chi connectivity index (χ3v) is 4.92. The van der Waals surface area contributed by atoms with E-state index in [4.69, 9.17) is 21.3 Å². The van der Waals surface area contributed by atoms with Gasteiger partial charge in [0.25, 0.3) is 0 Å². The molecule has 134 valence electrons. The van der Waals surface area contributed by atoms with Crippen molar-refractivity contribution in [1.82, 2.24) is 14.5 Å². The van der Waals surface area contributed by atoms with Gasteiger partial charge in [-0.05, 0) is 17.7 Å². The van der Waals surface area contributed by atoms with Gasteiger partial charge in [0, 0.05) is 36.4 Å². The van der Waals surface area contributed by atoms with Crippen LogP contribution in [0.2, 0.25) is 5.02 Å². The van der Waals surface area contributed by atoms with Gasteiger partial charge >= 0.3 is 0 Å². The van der Waals surface area contributed by atoms with E-state index >= 15 is 0 Å². The van der Waals surface area contributed by atoms with E-state index in [0.29, 0.717) is 0 Å². The van der Waals surface area contributed by atoms with Crippen LogP contribution in [-0.4, -0.2) is 40.8 Å². The molecule has 0 atom stereocenters. The van der Waals surface area contributed by atoms with Crippen molar-refractivity contribution >= 4 is 11.6 Å². The standard InChI is InChI=1S/C21H22ClN3O/c22-19-8-6-17(7-9-19)14-25-15-20(18-4-2-1-3-5-18)23-21(25)16-24-10-12-26-13-11-24/h1-9,15H,10-14,16H2. The molecule has 1 aliphatic heterocycles. The fourth-order valence-corrected chi connectivity index (χ4v) is 3.34. The average Bonchev–Trinajstić information content (AvgIpc) is 3.07. The molecule has 0 radical (unpaired) electrons. The van der Waals surface area contributed by atoms with Crippen LogP contribution in [0.25, 0.3) is 11.3 Å². The van der Waals surface area contributed by atoms with Crippen LogP contribution < -0.4 is 0 Å². The van der Waals surface area contributed by atoms with E-state index in [0.717, 1.165) is 61.5 Å². The smallest absolute Gasteiger partial charge is 0.123 e. The molecule has 5 heteroatoms. The average molecular weight is 368 g/mol. The third kappa shape index (κ3) is 4.15. The molecule has 0 saturated carbocycles. The summed E-state index contributed by atoms with van der Waals surface area (Å²) in [6.45, 7) is 5.12. The number of ether oxygens (including phenoxy) is 1. The molecule has 0 unspecified atom stereocenters. The van der Waals surface area contributed by atoms with Crippen LogP contribution >= 0.6 is 11.6 Å². The van der Waals surface area contributed by atoms with Crippen LogP contribution in [0.5, 0.6) is 0 Å². The van der Waals surface area contributed by atoms with Crippen LogP contribution in [0.4, 0.5) is 0 Å². The van der Waals surface area contributed by atoms with E-state index in [1.54, 1.807) is 0 Å². The van der Waals surface area contributed by atoms with E-state index < -0.39 is 0 Å². The van der Waals surface area contributed by atoms with Gasteiger partial charge in [-0.3, -0.25) is 4.90 Å². The minimum atomic E-state index is 0.762. The molecule has 4 nitrogen and oxygen atoms in total. The van der Waals surface area contributed by atoms with Crippen LogP contribution in [0, 0.1) is 0 Å². The van der Waals surface area contributed by atoms with Gasteiger partial charge in [-0.1, -0.05) is 54.1 Å². The van der Waals surface area contributed by atoms with Crippen LogP contribution in [0.3, 0.4) is 0 Å². The van der Waals surface area contributed by atoms with Gasteiger partial charge in [-0.15, -0.1) is 0 Å². The number of halogens is 1. The predicted octanol–water partition coefficient (Wildman–Crippen LogP) is 4.08. The van der Waals surface area contributed by atoms with Gasteiger partial charge in [0.2, 0.25) is 0 Å². The van der Waals surface area contributed by atoms with Gasteiger partial charge in [-0.2, -0.15) is 0 Å². The lowest BCUT2D eigenvalue weighted by molar-refractivity contribution is 0.0326. The molecule has 0 aliphatic carbocycles. The Balaban J connectivity index is 1.62. The molecule has 3 aromatic rings. The van der Waals surface area contributed by atoms with Crippen molar-refractivity contribution in [3.8, 4) is 11.3 Å². The summed E-state index contributed by atoms with van der Waals surface area (Å²) in [4.78, 5) is 7.34. The molecule has 0 spiro atoms. The van der Waals surface area contributed by atoms with E-state index in [1.165, 1.54) is 5.56 Å². The summed E-state index contributed by atoms with van der Waals surface area (Å²) in [6.07, 6.45) is 2.15. The third-order valence-electron chi connectivity index (χ3n) is 4.66. The lowest BCUT2D eigenvalue weighted by Gasteiger charge is -2.26. The normalized spacial score (nSPS) is 15.3. The number of morpholine rings is 1. The molecule has 0 bridgehead atoms. The first kappa shape index (κ1) is 17.3. The van der Waals surface area contributed by atoms with Gasteiger partial charge in [0.1, 0.15) is 5.82 Å². The lowest BCUT2D eigenvalue weighted by atomic mass is 10.2. The Morgan fingerprint density at radius 1 is 0.923 bits per heavy atom. The highest BCUT2D eigenvalue weighted by molar-refractivity contribution is 6.30. The topological polar surface area (TPSA) is 30.3 Å². The minimum absolute atomic E-state index is 0.762. The summed E-state index contributed by atoms with van der Waals surface area (Å²) in [5, 5.41) is 0.762. The van der Waals surface area contributed by atoms with E-state index in [-0.39, 0.29) is 0 Å². The number of hydrogen-bond donors (Lipinski definition) is 0. The summed E-state index contributed by atoms with van der Waals surface area (Å²) in [5.74, 6) is 1.08. The van der Waals surface area contributed by atoms with E-state index in [2.05, 4.69) is 52.1 Å². The van der Waals surface area contributed by atoms with Crippen molar-refractivity contribution < 1.29 is 4.74 Å². The number of nitrogens with zero attached hydrogens (tertiary/aromatic N) is 3. The zero-order chi connectivity index (χ0) is 17.8. The lowest BCUT2D eigenvalue weighted by Crippen LogP contribution is -2.36. The van der Waals surface area contributed by atoms with Gasteiger partial charge in [0.05, 0.1) is 25.5 Å². The maximum atomic E-state index is 6.02. The summed E-state index contributed by atoms with van der Waals surface area (Å²) < 4.78 is 7.72. The Kier molecular flexibility index (Phi) is 5.34. The van der Waals surface area contributed by atoms with Crippen LogP contribution in [0.1, 0.15) is 11.4 Å². The Hall–Kier alpha value is -2.14. The number of benzene rings is 2. The SMILES string of the molecule is Clc1ccc(Cn2cc(-c3ccccc3)nc2CN2CCOCC2)cc1. The maximum Gasteiger partial charge on any atom is 0.123 e. The molecule has 4 rings (SSSR count). The second-order valence-electron chi connectivity index (χ2n) is 6.55. The van der Waals surface area contributed by atoms with Crippen molar-refractivity contribution in [3.63, 3.8) is 0 Å². The molecular formula is C21H22ClN3O.